The third kappa shape index (κ3) is 3.62. The highest BCUT2D eigenvalue weighted by molar-refractivity contribution is 7.19. The van der Waals surface area contributed by atoms with Gasteiger partial charge in [-0.3, -0.25) is 4.79 Å². The number of carbonyl (C=O) groups is 1. The molecule has 0 bridgehead atoms. The molecule has 0 aliphatic heterocycles. The lowest BCUT2D eigenvalue weighted by Crippen LogP contribution is -2.20. The molecule has 0 aliphatic rings. The van der Waals surface area contributed by atoms with Crippen LogP contribution >= 0.6 is 9.24 Å². The molecule has 0 amide bonds. The quantitative estimate of drug-likeness (QED) is 0.593. The molecule has 0 spiro atoms. The van der Waals surface area contributed by atoms with Gasteiger partial charge in [-0.25, -0.2) is 0 Å². The van der Waals surface area contributed by atoms with Gasteiger partial charge in [-0.2, -0.15) is 0 Å². The molecule has 94 valence electrons. The van der Waals surface area contributed by atoms with Crippen LogP contribution in [-0.2, 0) is 4.74 Å². The van der Waals surface area contributed by atoms with Crippen molar-refractivity contribution in [1.82, 2.24) is 0 Å². The van der Waals surface area contributed by atoms with Gasteiger partial charge in [0.2, 0.25) is 0 Å². The van der Waals surface area contributed by atoms with E-state index >= 15 is 0 Å². The molecule has 0 saturated heterocycles. The second-order valence-electron chi connectivity index (χ2n) is 4.43. The van der Waals surface area contributed by atoms with Gasteiger partial charge in [-0.1, -0.05) is 33.9 Å². The molecule has 1 rings (SSSR count). The maximum atomic E-state index is 12.3. The van der Waals surface area contributed by atoms with Crippen LogP contribution in [0.3, 0.4) is 0 Å². The minimum absolute atomic E-state index is 0.0541. The van der Waals surface area contributed by atoms with Crippen LogP contribution in [0.2, 0.25) is 0 Å². The normalized spacial score (nSPS) is 12.5. The Kier molecular flexibility index (Phi) is 5.30. The molecule has 3 heteroatoms. The zero-order chi connectivity index (χ0) is 13.0. The lowest BCUT2D eigenvalue weighted by molar-refractivity contribution is 0.0676. The fourth-order valence-corrected chi connectivity index (χ4v) is 2.33. The Hall–Kier alpha value is -0.720. The molecule has 0 aromatic heterocycles. The Morgan fingerprint density at radius 1 is 1.29 bits per heavy atom. The first-order valence-corrected chi connectivity index (χ1v) is 6.63. The first-order chi connectivity index (χ1) is 7.97. The molecule has 0 heterocycles. The highest BCUT2D eigenvalue weighted by atomic mass is 31.0. The Bertz CT molecular complexity index is 390. The van der Waals surface area contributed by atoms with Crippen LogP contribution in [0.5, 0.6) is 0 Å². The smallest absolute Gasteiger partial charge is 0.195 e. The van der Waals surface area contributed by atoms with Crippen LogP contribution < -0.4 is 0 Å². The fraction of sp³-hybridized carbons (Fsp3) is 0.500. The van der Waals surface area contributed by atoms with Gasteiger partial charge in [0.1, 0.15) is 5.85 Å². The van der Waals surface area contributed by atoms with E-state index < -0.39 is 5.85 Å². The third-order valence-corrected chi connectivity index (χ3v) is 3.18. The Balaban J connectivity index is 2.96. The van der Waals surface area contributed by atoms with E-state index in [0.717, 1.165) is 23.1 Å². The van der Waals surface area contributed by atoms with Crippen molar-refractivity contribution in [2.45, 2.75) is 40.0 Å². The van der Waals surface area contributed by atoms with Crippen LogP contribution in [-0.4, -0.2) is 18.2 Å². The molecule has 0 N–H and O–H groups in total. The predicted octanol–water partition coefficient (Wildman–Crippen LogP) is 3.42. The van der Waals surface area contributed by atoms with Crippen LogP contribution in [0.15, 0.2) is 12.1 Å². The molecule has 0 saturated carbocycles. The van der Waals surface area contributed by atoms with E-state index in [1.807, 2.05) is 39.8 Å². The van der Waals surface area contributed by atoms with Crippen LogP contribution in [0.1, 0.15) is 40.4 Å². The first kappa shape index (κ1) is 14.3. The third-order valence-electron chi connectivity index (χ3n) is 2.68. The maximum Gasteiger partial charge on any atom is 0.195 e. The fourth-order valence-electron chi connectivity index (χ4n) is 2.03. The van der Waals surface area contributed by atoms with Crippen LogP contribution in [0, 0.1) is 20.8 Å². The number of aryl methyl sites for hydroxylation is 3. The van der Waals surface area contributed by atoms with Crippen molar-refractivity contribution < 1.29 is 9.53 Å². The molecule has 1 aromatic rings. The summed E-state index contributed by atoms with van der Waals surface area (Å²) in [5.41, 5.74) is 4.04. The summed E-state index contributed by atoms with van der Waals surface area (Å²) in [5, 5.41) is 0. The lowest BCUT2D eigenvalue weighted by Gasteiger charge is -2.15. The van der Waals surface area contributed by atoms with Crippen LogP contribution in [0.25, 0.3) is 0 Å². The number of Topliss-reactive ketones (excluding diaryl/α,β-unsaturated/α-hetero) is 1. The van der Waals surface area contributed by atoms with Gasteiger partial charge >= 0.3 is 0 Å². The number of ether oxygens (including phenoxy) is 1. The molecule has 0 radical (unpaired) electrons. The first-order valence-electron chi connectivity index (χ1n) is 5.96. The molecule has 2 atom stereocenters. The van der Waals surface area contributed by atoms with E-state index in [4.69, 9.17) is 4.74 Å². The zero-order valence-electron chi connectivity index (χ0n) is 11.0. The average molecular weight is 252 g/mol. The maximum absolute atomic E-state index is 12.3. The van der Waals surface area contributed by atoms with Crippen molar-refractivity contribution in [3.05, 3.63) is 34.4 Å². The van der Waals surface area contributed by atoms with Gasteiger partial charge in [-0.15, -0.1) is 0 Å². The highest BCUT2D eigenvalue weighted by Gasteiger charge is 2.19. The van der Waals surface area contributed by atoms with E-state index in [2.05, 4.69) is 9.24 Å². The minimum atomic E-state index is -0.435. The predicted molar refractivity (Wildman–Crippen MR) is 74.7 cm³/mol. The summed E-state index contributed by atoms with van der Waals surface area (Å²) >= 11 is 0. The molecular weight excluding hydrogens is 231 g/mol. The minimum Gasteiger partial charge on any atom is -0.366 e. The van der Waals surface area contributed by atoms with E-state index in [1.54, 1.807) is 0 Å². The summed E-state index contributed by atoms with van der Waals surface area (Å²) in [6, 6.07) is 4.08. The van der Waals surface area contributed by atoms with Crippen molar-refractivity contribution in [3.8, 4) is 0 Å². The monoisotopic (exact) mass is 252 g/mol. The van der Waals surface area contributed by atoms with Crippen molar-refractivity contribution in [3.63, 3.8) is 0 Å². The van der Waals surface area contributed by atoms with E-state index in [0.29, 0.717) is 6.61 Å². The Morgan fingerprint density at radius 3 is 2.29 bits per heavy atom. The number of hydrogen-bond acceptors (Lipinski definition) is 2. The topological polar surface area (TPSA) is 26.3 Å². The zero-order valence-corrected chi connectivity index (χ0v) is 12.2. The summed E-state index contributed by atoms with van der Waals surface area (Å²) in [5.74, 6) is -0.381. The molecule has 2 unspecified atom stereocenters. The van der Waals surface area contributed by atoms with Crippen molar-refractivity contribution in [2.75, 3.05) is 6.61 Å². The summed E-state index contributed by atoms with van der Waals surface area (Å²) in [7, 11) is 2.48. The van der Waals surface area contributed by atoms with Gasteiger partial charge < -0.3 is 4.74 Å². The van der Waals surface area contributed by atoms with E-state index in [9.17, 15) is 4.79 Å². The number of rotatable bonds is 5. The van der Waals surface area contributed by atoms with Gasteiger partial charge in [0.05, 0.1) is 0 Å². The second-order valence-corrected chi connectivity index (χ2v) is 5.03. The van der Waals surface area contributed by atoms with Crippen molar-refractivity contribution in [2.24, 2.45) is 0 Å². The van der Waals surface area contributed by atoms with Gasteiger partial charge in [-0.05, 0) is 38.3 Å². The number of carbonyl (C=O) groups excluding carboxylic acids is 1. The molecule has 0 aliphatic carbocycles. The van der Waals surface area contributed by atoms with E-state index in [-0.39, 0.29) is 5.78 Å². The molecule has 1 aromatic carbocycles. The second kappa shape index (κ2) is 6.28. The largest absolute Gasteiger partial charge is 0.366 e. The number of ketones is 1. The molecule has 2 nitrogen and oxygen atoms in total. The summed E-state index contributed by atoms with van der Waals surface area (Å²) in [6.45, 7) is 8.64. The molecular formula is C14H21O2P. The lowest BCUT2D eigenvalue weighted by atomic mass is 9.97. The number of hydrogen-bond donors (Lipinski definition) is 0. The van der Waals surface area contributed by atoms with Crippen molar-refractivity contribution >= 4 is 15.0 Å². The SMILES string of the molecule is CCCOC(P)C(=O)c1c(C)cc(C)cc1C. The summed E-state index contributed by atoms with van der Waals surface area (Å²) in [6.07, 6.45) is 0.921. The van der Waals surface area contributed by atoms with Crippen LogP contribution in [0.4, 0.5) is 0 Å². The highest BCUT2D eigenvalue weighted by Crippen LogP contribution is 2.21. The standard InChI is InChI=1S/C14H21O2P/c1-5-6-16-14(17)13(15)12-10(3)7-9(2)8-11(12)4/h7-8,14H,5-6,17H2,1-4H3. The molecule has 17 heavy (non-hydrogen) atoms. The van der Waals surface area contributed by atoms with Gasteiger partial charge in [0.15, 0.2) is 5.78 Å². The summed E-state index contributed by atoms with van der Waals surface area (Å²) < 4.78 is 5.46. The average Bonchev–Trinajstić information content (AvgIpc) is 2.24. The van der Waals surface area contributed by atoms with Crippen molar-refractivity contribution in [1.29, 1.82) is 0 Å². The van der Waals surface area contributed by atoms with E-state index in [1.165, 1.54) is 5.56 Å². The summed E-state index contributed by atoms with van der Waals surface area (Å²) in [4.78, 5) is 12.3. The molecule has 0 fully saturated rings. The van der Waals surface area contributed by atoms with Gasteiger partial charge in [0, 0.05) is 12.2 Å². The Morgan fingerprint density at radius 2 is 1.82 bits per heavy atom. The Labute approximate surface area is 106 Å². The number of benzene rings is 1. The van der Waals surface area contributed by atoms with Gasteiger partial charge in [0.25, 0.3) is 0 Å².